The lowest BCUT2D eigenvalue weighted by molar-refractivity contribution is 0.632. The molecule has 0 spiro atoms. The topological polar surface area (TPSA) is 65.6 Å². The number of aryl methyl sites for hydroxylation is 1. The molecule has 0 unspecified atom stereocenters. The van der Waals surface area contributed by atoms with Crippen LogP contribution in [-0.2, 0) is 0 Å². The quantitative estimate of drug-likeness (QED) is 0.453. The molecule has 0 saturated carbocycles. The van der Waals surface area contributed by atoms with Crippen molar-refractivity contribution in [3.63, 3.8) is 0 Å². The van der Waals surface area contributed by atoms with Gasteiger partial charge in [-0.2, -0.15) is 5.26 Å². The second kappa shape index (κ2) is 7.52. The third-order valence-electron chi connectivity index (χ3n) is 3.18. The van der Waals surface area contributed by atoms with Crippen molar-refractivity contribution in [2.24, 2.45) is 0 Å². The average molecular weight is 325 g/mol. The maximum Gasteiger partial charge on any atom is 0.147 e. The van der Waals surface area contributed by atoms with Crippen LogP contribution in [0.1, 0.15) is 11.1 Å². The smallest absolute Gasteiger partial charge is 0.147 e. The van der Waals surface area contributed by atoms with E-state index >= 15 is 0 Å². The van der Waals surface area contributed by atoms with Gasteiger partial charge in [-0.05, 0) is 30.7 Å². The summed E-state index contributed by atoms with van der Waals surface area (Å²) in [6.45, 7) is 2.09. The van der Waals surface area contributed by atoms with Crippen LogP contribution in [0.15, 0.2) is 59.8 Å². The molecular formula is C18H16FN3S. The van der Waals surface area contributed by atoms with Crippen molar-refractivity contribution in [3.05, 3.63) is 71.8 Å². The number of nitrogens with two attached hydrogens (primary N) is 1. The summed E-state index contributed by atoms with van der Waals surface area (Å²) in [5.41, 5.74) is 9.15. The fourth-order valence-corrected chi connectivity index (χ4v) is 2.26. The number of hydrogen-bond donors (Lipinski definition) is 3. The molecule has 0 radical (unpaired) electrons. The maximum absolute atomic E-state index is 12.5. The van der Waals surface area contributed by atoms with E-state index in [9.17, 15) is 4.39 Å². The Morgan fingerprint density at radius 1 is 1.17 bits per heavy atom. The van der Waals surface area contributed by atoms with Gasteiger partial charge in [0.25, 0.3) is 0 Å². The molecular weight excluding hydrogens is 309 g/mol. The van der Waals surface area contributed by atoms with Crippen molar-refractivity contribution in [1.29, 1.82) is 5.26 Å². The van der Waals surface area contributed by atoms with E-state index in [4.69, 9.17) is 11.0 Å². The van der Waals surface area contributed by atoms with Crippen LogP contribution in [0, 0.1) is 24.1 Å². The average Bonchev–Trinajstić information content (AvgIpc) is 2.97. The molecule has 0 aliphatic heterocycles. The van der Waals surface area contributed by atoms with Gasteiger partial charge in [-0.15, -0.1) is 12.6 Å². The summed E-state index contributed by atoms with van der Waals surface area (Å²) in [7, 11) is 0. The standard InChI is InChI=1S/C11H11NS.C7H5FN2/c1-8-3-2-4-9(5-8)10-6-12-7-11(10)13;8-6-3-5(4-9)1-2-7(6)10/h2-7,12-13H,1H3;1-3H,10H2. The van der Waals surface area contributed by atoms with Gasteiger partial charge in [0.05, 0.1) is 17.3 Å². The third-order valence-corrected chi connectivity index (χ3v) is 3.55. The van der Waals surface area contributed by atoms with Crippen molar-refractivity contribution in [1.82, 2.24) is 4.98 Å². The molecule has 1 heterocycles. The van der Waals surface area contributed by atoms with E-state index < -0.39 is 5.82 Å². The third kappa shape index (κ3) is 4.38. The minimum Gasteiger partial charge on any atom is -0.396 e. The molecule has 23 heavy (non-hydrogen) atoms. The maximum atomic E-state index is 12.5. The number of aromatic amines is 1. The number of hydrogen-bond acceptors (Lipinski definition) is 3. The normalized spacial score (nSPS) is 9.65. The van der Waals surface area contributed by atoms with Gasteiger partial charge in [0.15, 0.2) is 0 Å². The first-order valence-electron chi connectivity index (χ1n) is 6.89. The summed E-state index contributed by atoms with van der Waals surface area (Å²) >= 11 is 4.36. The Morgan fingerprint density at radius 2 is 1.96 bits per heavy atom. The molecule has 0 fully saturated rings. The minimum absolute atomic E-state index is 0.0685. The molecule has 3 rings (SSSR count). The van der Waals surface area contributed by atoms with Crippen LogP contribution in [0.2, 0.25) is 0 Å². The highest BCUT2D eigenvalue weighted by atomic mass is 32.1. The Labute approximate surface area is 140 Å². The van der Waals surface area contributed by atoms with Crippen LogP contribution in [0.25, 0.3) is 11.1 Å². The van der Waals surface area contributed by atoms with E-state index in [2.05, 4.69) is 48.8 Å². The zero-order valence-corrected chi connectivity index (χ0v) is 13.4. The summed E-state index contributed by atoms with van der Waals surface area (Å²) in [5.74, 6) is -0.543. The molecule has 0 bridgehead atoms. The molecule has 1 aromatic heterocycles. The predicted molar refractivity (Wildman–Crippen MR) is 93.7 cm³/mol. The summed E-state index contributed by atoms with van der Waals surface area (Å²) in [6.07, 6.45) is 3.86. The number of nitrogens with zero attached hydrogens (tertiary/aromatic N) is 1. The Morgan fingerprint density at radius 3 is 2.52 bits per heavy atom. The Balaban J connectivity index is 0.000000174. The van der Waals surface area contributed by atoms with Crippen LogP contribution < -0.4 is 5.73 Å². The van der Waals surface area contributed by atoms with Crippen LogP contribution in [0.3, 0.4) is 0 Å². The van der Waals surface area contributed by atoms with Crippen LogP contribution in [-0.4, -0.2) is 4.98 Å². The van der Waals surface area contributed by atoms with E-state index in [-0.39, 0.29) is 11.3 Å². The molecule has 0 aliphatic carbocycles. The fraction of sp³-hybridized carbons (Fsp3) is 0.0556. The molecule has 0 aliphatic rings. The number of aromatic nitrogens is 1. The van der Waals surface area contributed by atoms with E-state index in [1.807, 2.05) is 12.4 Å². The first-order chi connectivity index (χ1) is 11.0. The first-order valence-corrected chi connectivity index (χ1v) is 7.34. The molecule has 3 N–H and O–H groups in total. The zero-order valence-electron chi connectivity index (χ0n) is 12.5. The number of thiol groups is 1. The van der Waals surface area contributed by atoms with Gasteiger partial charge in [-0.3, -0.25) is 0 Å². The van der Waals surface area contributed by atoms with E-state index in [1.165, 1.54) is 23.3 Å². The Hall–Kier alpha value is -2.71. The monoisotopic (exact) mass is 325 g/mol. The lowest BCUT2D eigenvalue weighted by Crippen LogP contribution is -1.89. The molecule has 116 valence electrons. The zero-order chi connectivity index (χ0) is 16.8. The molecule has 3 nitrogen and oxygen atoms in total. The number of anilines is 1. The lowest BCUT2D eigenvalue weighted by Gasteiger charge is -2.00. The van der Waals surface area contributed by atoms with Crippen molar-refractivity contribution >= 4 is 18.3 Å². The fourth-order valence-electron chi connectivity index (χ4n) is 2.00. The molecule has 0 atom stereocenters. The van der Waals surface area contributed by atoms with Crippen molar-refractivity contribution in [2.45, 2.75) is 11.8 Å². The summed E-state index contributed by atoms with van der Waals surface area (Å²) < 4.78 is 12.5. The van der Waals surface area contributed by atoms with Gasteiger partial charge in [-0.25, -0.2) is 4.39 Å². The van der Waals surface area contributed by atoms with Crippen LogP contribution in [0.5, 0.6) is 0 Å². The van der Waals surface area contributed by atoms with Crippen molar-refractivity contribution in [2.75, 3.05) is 5.73 Å². The van der Waals surface area contributed by atoms with Crippen molar-refractivity contribution < 1.29 is 4.39 Å². The molecule has 3 aromatic rings. The largest absolute Gasteiger partial charge is 0.396 e. The molecule has 2 aromatic carbocycles. The van der Waals surface area contributed by atoms with Gasteiger partial charge in [0.2, 0.25) is 0 Å². The predicted octanol–water partition coefficient (Wildman–Crippen LogP) is 4.56. The molecule has 0 amide bonds. The minimum atomic E-state index is -0.543. The molecule has 0 saturated heterocycles. The van der Waals surface area contributed by atoms with E-state index in [1.54, 1.807) is 6.07 Å². The Kier molecular flexibility index (Phi) is 5.45. The molecule has 5 heteroatoms. The number of nitrogens with one attached hydrogen (secondary N) is 1. The van der Waals surface area contributed by atoms with Gasteiger partial charge in [0.1, 0.15) is 5.82 Å². The van der Waals surface area contributed by atoms with E-state index in [0.29, 0.717) is 0 Å². The van der Waals surface area contributed by atoms with Crippen LogP contribution >= 0.6 is 12.6 Å². The highest BCUT2D eigenvalue weighted by Gasteiger charge is 2.02. The lowest BCUT2D eigenvalue weighted by atomic mass is 10.1. The Bertz CT molecular complexity index is 849. The number of nitriles is 1. The first kappa shape index (κ1) is 16.7. The van der Waals surface area contributed by atoms with Gasteiger partial charge < -0.3 is 10.7 Å². The number of nitrogen functional groups attached to an aromatic ring is 1. The van der Waals surface area contributed by atoms with Crippen LogP contribution in [0.4, 0.5) is 10.1 Å². The summed E-state index contributed by atoms with van der Waals surface area (Å²) in [5, 5.41) is 8.30. The van der Waals surface area contributed by atoms with Gasteiger partial charge in [-0.1, -0.05) is 29.8 Å². The van der Waals surface area contributed by atoms with Gasteiger partial charge in [0, 0.05) is 22.9 Å². The number of halogens is 1. The second-order valence-electron chi connectivity index (χ2n) is 4.97. The van der Waals surface area contributed by atoms with Crippen molar-refractivity contribution in [3.8, 4) is 17.2 Å². The van der Waals surface area contributed by atoms with E-state index in [0.717, 1.165) is 16.5 Å². The summed E-state index contributed by atoms with van der Waals surface area (Å²) in [4.78, 5) is 4.03. The number of H-pyrrole nitrogens is 1. The highest BCUT2D eigenvalue weighted by molar-refractivity contribution is 7.80. The summed E-state index contributed by atoms with van der Waals surface area (Å²) in [6, 6.07) is 14.1. The SMILES string of the molecule is Cc1cccc(-c2c[nH]cc2S)c1.N#Cc1ccc(N)c(F)c1. The highest BCUT2D eigenvalue weighted by Crippen LogP contribution is 2.26. The number of rotatable bonds is 1. The number of benzene rings is 2. The van der Waals surface area contributed by atoms with Gasteiger partial charge >= 0.3 is 0 Å². The second-order valence-corrected chi connectivity index (χ2v) is 5.45.